The minimum Gasteiger partial charge on any atom is -0.280 e. The molecule has 0 atom stereocenters. The average Bonchev–Trinajstić information content (AvgIpc) is 1.35. The van der Waals surface area contributed by atoms with E-state index in [1.165, 1.54) is 0 Å². The van der Waals surface area contributed by atoms with Crippen LogP contribution in [0.25, 0.3) is 0 Å². The topological polar surface area (TPSA) is 17.1 Å². The van der Waals surface area contributed by atoms with Gasteiger partial charge in [0.15, 0.2) is 17.4 Å². The standard InChI is InChI=1S/C2F3O.Al.3H/c3-2(4,5)1-6;;;;. The van der Waals surface area contributed by atoms with E-state index in [1.807, 2.05) is 0 Å². The molecule has 1 radical (unpaired) electrons. The number of alkyl halides is 3. The highest BCUT2D eigenvalue weighted by molar-refractivity contribution is 5.75. The molecule has 41 valence electrons. The van der Waals surface area contributed by atoms with Crippen molar-refractivity contribution in [1.82, 2.24) is 0 Å². The first-order valence-corrected chi connectivity index (χ1v) is 1.02. The van der Waals surface area contributed by atoms with Crippen LogP contribution in [-0.2, 0) is 4.79 Å². The predicted octanol–water partition coefficient (Wildman–Crippen LogP) is -0.526. The molecule has 1 nitrogen and oxygen atoms in total. The molecule has 0 amide bonds. The molecule has 0 unspecified atom stereocenters. The minimum atomic E-state index is -4.76. The van der Waals surface area contributed by atoms with Gasteiger partial charge in [0, 0.05) is 0 Å². The lowest BCUT2D eigenvalue weighted by molar-refractivity contribution is -0.0600. The Morgan fingerprint density at radius 2 is 1.43 bits per heavy atom. The molecule has 0 saturated heterocycles. The first kappa shape index (κ1) is 10.1. The fourth-order valence-electron chi connectivity index (χ4n) is 0. The summed E-state index contributed by atoms with van der Waals surface area (Å²) >= 11 is 0. The van der Waals surface area contributed by atoms with Crippen LogP contribution in [0, 0.1) is 0 Å². The largest absolute Gasteiger partial charge is 0.458 e. The quantitative estimate of drug-likeness (QED) is 0.400. The number of halogens is 3. The Balaban J connectivity index is 0. The van der Waals surface area contributed by atoms with Crippen molar-refractivity contribution in [3.63, 3.8) is 0 Å². The van der Waals surface area contributed by atoms with Gasteiger partial charge in [0.05, 0.1) is 0 Å². The van der Waals surface area contributed by atoms with E-state index in [2.05, 4.69) is 0 Å². The highest BCUT2D eigenvalue weighted by atomic mass is 27.0. The minimum absolute atomic E-state index is 0. The summed E-state index contributed by atoms with van der Waals surface area (Å²) in [6.07, 6.45) is -4.91. The van der Waals surface area contributed by atoms with Gasteiger partial charge in [-0.15, -0.1) is 0 Å². The Labute approximate surface area is 48.6 Å². The lowest BCUT2D eigenvalue weighted by Gasteiger charge is -1.85. The van der Waals surface area contributed by atoms with Crippen molar-refractivity contribution in [3.05, 3.63) is 0 Å². The van der Waals surface area contributed by atoms with Gasteiger partial charge in [0.25, 0.3) is 0 Å². The molecule has 0 aliphatic rings. The van der Waals surface area contributed by atoms with Crippen LogP contribution in [0.1, 0.15) is 0 Å². The molecule has 0 aromatic heterocycles. The van der Waals surface area contributed by atoms with E-state index in [1.54, 1.807) is 0 Å². The third kappa shape index (κ3) is 10.7. The van der Waals surface area contributed by atoms with Gasteiger partial charge < -0.3 is 0 Å². The van der Waals surface area contributed by atoms with E-state index in [-0.39, 0.29) is 23.6 Å². The second kappa shape index (κ2) is 3.05. The molecule has 7 heavy (non-hydrogen) atoms. The van der Waals surface area contributed by atoms with E-state index < -0.39 is 6.18 Å². The summed E-state index contributed by atoms with van der Waals surface area (Å²) in [6, 6.07) is 0. The van der Waals surface area contributed by atoms with Crippen molar-refractivity contribution in [1.29, 1.82) is 0 Å². The summed E-state index contributed by atoms with van der Waals surface area (Å²) in [7, 11) is 0. The van der Waals surface area contributed by atoms with E-state index in [4.69, 9.17) is 4.79 Å². The first-order chi connectivity index (χ1) is 2.56. The SMILES string of the molecule is O=[C]C(F)(F)F.[AlH3]. The molecule has 0 heterocycles. The zero-order valence-corrected chi connectivity index (χ0v) is 2.54. The molecule has 0 aliphatic heterocycles. The highest BCUT2D eigenvalue weighted by Gasteiger charge is 2.27. The van der Waals surface area contributed by atoms with Crippen molar-refractivity contribution < 1.29 is 18.0 Å². The van der Waals surface area contributed by atoms with Gasteiger partial charge in [-0.25, -0.2) is 0 Å². The van der Waals surface area contributed by atoms with Crippen molar-refractivity contribution in [2.24, 2.45) is 0 Å². The number of rotatable bonds is 0. The Morgan fingerprint density at radius 1 is 1.29 bits per heavy atom. The first-order valence-electron chi connectivity index (χ1n) is 1.02. The van der Waals surface area contributed by atoms with Crippen LogP contribution in [-0.4, -0.2) is 29.8 Å². The maximum atomic E-state index is 10.4. The molecule has 0 bridgehead atoms. The Hall–Kier alpha value is -0.00753. The fraction of sp³-hybridized carbons (Fsp3) is 0.500. The number of hydrogen-bond donors (Lipinski definition) is 0. The molecule has 0 aromatic rings. The predicted molar refractivity (Wildman–Crippen MR) is 21.7 cm³/mol. The zero-order valence-electron chi connectivity index (χ0n) is 2.54. The molecule has 0 saturated carbocycles. The van der Waals surface area contributed by atoms with Crippen LogP contribution in [0.3, 0.4) is 0 Å². The van der Waals surface area contributed by atoms with E-state index >= 15 is 0 Å². The van der Waals surface area contributed by atoms with Crippen molar-refractivity contribution in [3.8, 4) is 0 Å². The smallest absolute Gasteiger partial charge is 0.280 e. The normalized spacial score (nSPS) is 9.57. The maximum absolute atomic E-state index is 10.4. The molecular formula is C2H3AlF3O. The number of hydrogen-bond acceptors (Lipinski definition) is 1. The third-order valence-electron chi connectivity index (χ3n) is 0.116. The lowest BCUT2D eigenvalue weighted by Crippen LogP contribution is -2.06. The van der Waals surface area contributed by atoms with Crippen molar-refractivity contribution in [2.45, 2.75) is 6.18 Å². The van der Waals surface area contributed by atoms with Gasteiger partial charge in [-0.05, 0) is 0 Å². The fourth-order valence-corrected chi connectivity index (χ4v) is 0. The lowest BCUT2D eigenvalue weighted by atomic mass is 10.8. The third-order valence-corrected chi connectivity index (χ3v) is 0.116. The molecule has 0 rings (SSSR count). The van der Waals surface area contributed by atoms with E-state index in [0.717, 1.165) is 0 Å². The number of carbonyl (C=O) groups excluding carboxylic acids is 1. The monoisotopic (exact) mass is 127 g/mol. The second-order valence-corrected chi connectivity index (χ2v) is 0.600. The molecule has 0 spiro atoms. The van der Waals surface area contributed by atoms with Gasteiger partial charge in [-0.3, -0.25) is 4.79 Å². The van der Waals surface area contributed by atoms with Gasteiger partial charge in [0.2, 0.25) is 0 Å². The summed E-state index contributed by atoms with van der Waals surface area (Å²) in [5.74, 6) is 0. The van der Waals surface area contributed by atoms with E-state index in [9.17, 15) is 13.2 Å². The Morgan fingerprint density at radius 3 is 1.43 bits per heavy atom. The van der Waals surface area contributed by atoms with Gasteiger partial charge in [-0.2, -0.15) is 13.2 Å². The summed E-state index contributed by atoms with van der Waals surface area (Å²) in [5, 5.41) is 0. The van der Waals surface area contributed by atoms with Crippen LogP contribution >= 0.6 is 0 Å². The maximum Gasteiger partial charge on any atom is 0.458 e. The Bertz CT molecular complexity index is 58.4. The summed E-state index contributed by atoms with van der Waals surface area (Å²) < 4.78 is 31.1. The van der Waals surface area contributed by atoms with Gasteiger partial charge in [0.1, 0.15) is 0 Å². The van der Waals surface area contributed by atoms with Gasteiger partial charge >= 0.3 is 12.5 Å². The van der Waals surface area contributed by atoms with E-state index in [0.29, 0.717) is 0 Å². The summed E-state index contributed by atoms with van der Waals surface area (Å²) in [6.45, 7) is 0. The summed E-state index contributed by atoms with van der Waals surface area (Å²) in [4.78, 5) is 8.58. The molecular weight excluding hydrogens is 124 g/mol. The summed E-state index contributed by atoms with van der Waals surface area (Å²) in [5.41, 5.74) is 0. The molecule has 0 aromatic carbocycles. The van der Waals surface area contributed by atoms with Crippen molar-refractivity contribution >= 4 is 23.6 Å². The zero-order chi connectivity index (χ0) is 5.21. The molecule has 0 aliphatic carbocycles. The highest BCUT2D eigenvalue weighted by Crippen LogP contribution is 2.08. The van der Waals surface area contributed by atoms with Crippen LogP contribution in [0.5, 0.6) is 0 Å². The van der Waals surface area contributed by atoms with Gasteiger partial charge in [-0.1, -0.05) is 0 Å². The van der Waals surface area contributed by atoms with Crippen LogP contribution < -0.4 is 0 Å². The van der Waals surface area contributed by atoms with Crippen molar-refractivity contribution in [2.75, 3.05) is 0 Å². The average molecular weight is 127 g/mol. The molecule has 0 N–H and O–H groups in total. The molecule has 0 fully saturated rings. The van der Waals surface area contributed by atoms with Crippen LogP contribution in [0.15, 0.2) is 0 Å². The van der Waals surface area contributed by atoms with Crippen LogP contribution in [0.4, 0.5) is 13.2 Å². The Kier molecular flexibility index (Phi) is 4.40. The second-order valence-electron chi connectivity index (χ2n) is 0.600. The molecule has 5 heteroatoms. The van der Waals surface area contributed by atoms with Crippen LogP contribution in [0.2, 0.25) is 0 Å².